The lowest BCUT2D eigenvalue weighted by Gasteiger charge is -2.50. The number of hydrogen-bond acceptors (Lipinski definition) is 1. The van der Waals surface area contributed by atoms with E-state index in [0.29, 0.717) is 5.41 Å². The minimum Gasteiger partial charge on any atom is -0.310 e. The first-order valence-corrected chi connectivity index (χ1v) is 23.3. The zero-order valence-electron chi connectivity index (χ0n) is 36.6. The van der Waals surface area contributed by atoms with Crippen molar-refractivity contribution in [1.82, 2.24) is 0 Å². The van der Waals surface area contributed by atoms with Crippen LogP contribution in [0.3, 0.4) is 0 Å². The molecule has 2 saturated carbocycles. The van der Waals surface area contributed by atoms with Gasteiger partial charge in [-0.25, -0.2) is 0 Å². The number of allylic oxidation sites excluding steroid dienone is 5. The van der Waals surface area contributed by atoms with Gasteiger partial charge in [0.1, 0.15) is 0 Å². The smallest absolute Gasteiger partial charge is 0.0540 e. The maximum Gasteiger partial charge on any atom is 0.0540 e. The third-order valence-corrected chi connectivity index (χ3v) is 15.4. The van der Waals surface area contributed by atoms with Crippen LogP contribution < -0.4 is 4.90 Å². The highest BCUT2D eigenvalue weighted by atomic mass is 15.1. The summed E-state index contributed by atoms with van der Waals surface area (Å²) in [6.45, 7) is 9.79. The van der Waals surface area contributed by atoms with Crippen molar-refractivity contribution in [3.8, 4) is 33.4 Å². The van der Waals surface area contributed by atoms with Crippen LogP contribution in [-0.4, -0.2) is 0 Å². The SMILES string of the molecule is CC1CC2CC(C)CC(c3ccc(-c4ccc(-c5ccc(N(c6ccc7c(c6)C(C)(C)C6=C7CCC=C6)c6ccccc6-c6ccc7c(c6)CCC=C7)cc5)cc4)cc3)(C1)C2. The van der Waals surface area contributed by atoms with Gasteiger partial charge in [-0.2, -0.15) is 0 Å². The summed E-state index contributed by atoms with van der Waals surface area (Å²) in [7, 11) is 0. The average Bonchev–Trinajstić information content (AvgIpc) is 3.51. The van der Waals surface area contributed by atoms with Gasteiger partial charge in [0.2, 0.25) is 0 Å². The Bertz CT molecular complexity index is 2700. The van der Waals surface area contributed by atoms with E-state index in [1.165, 1.54) is 110 Å². The molecule has 0 saturated heterocycles. The average molecular weight is 794 g/mol. The molecule has 2 fully saturated rings. The van der Waals surface area contributed by atoms with Gasteiger partial charge in [-0.05, 0) is 178 Å². The molecule has 6 aromatic rings. The molecule has 1 heteroatoms. The van der Waals surface area contributed by atoms with Crippen LogP contribution in [0.4, 0.5) is 17.1 Å². The first-order valence-electron chi connectivity index (χ1n) is 23.3. The summed E-state index contributed by atoms with van der Waals surface area (Å²) in [5.41, 5.74) is 21.7. The van der Waals surface area contributed by atoms with Crippen molar-refractivity contribution < 1.29 is 0 Å². The van der Waals surface area contributed by atoms with E-state index in [1.54, 1.807) is 5.56 Å². The molecule has 6 aromatic carbocycles. The molecular formula is C60H59N. The predicted octanol–water partition coefficient (Wildman–Crippen LogP) is 16.6. The summed E-state index contributed by atoms with van der Waals surface area (Å²) >= 11 is 0. The van der Waals surface area contributed by atoms with Gasteiger partial charge in [-0.3, -0.25) is 0 Å². The molecule has 0 aliphatic heterocycles. The van der Waals surface area contributed by atoms with Crippen LogP contribution in [0.1, 0.15) is 107 Å². The molecule has 0 N–H and O–H groups in total. The zero-order chi connectivity index (χ0) is 41.3. The van der Waals surface area contributed by atoms with Gasteiger partial charge in [0, 0.05) is 22.4 Å². The number of benzene rings is 6. The third kappa shape index (κ3) is 6.77. The minimum absolute atomic E-state index is 0.0432. The summed E-state index contributed by atoms with van der Waals surface area (Å²) < 4.78 is 0. The number of rotatable bonds is 7. The Morgan fingerprint density at radius 2 is 1.15 bits per heavy atom. The molecular weight excluding hydrogens is 735 g/mol. The van der Waals surface area contributed by atoms with E-state index in [9.17, 15) is 0 Å². The minimum atomic E-state index is -0.0432. The highest BCUT2D eigenvalue weighted by Crippen LogP contribution is 2.55. The van der Waals surface area contributed by atoms with E-state index in [4.69, 9.17) is 0 Å². The molecule has 2 unspecified atom stereocenters. The van der Waals surface area contributed by atoms with Crippen molar-refractivity contribution in [2.75, 3.05) is 4.90 Å². The van der Waals surface area contributed by atoms with Crippen LogP contribution in [0.2, 0.25) is 0 Å². The van der Waals surface area contributed by atoms with Crippen LogP contribution in [0.15, 0.2) is 157 Å². The van der Waals surface area contributed by atoms with E-state index in [2.05, 4.69) is 190 Å². The molecule has 304 valence electrons. The monoisotopic (exact) mass is 793 g/mol. The van der Waals surface area contributed by atoms with E-state index in [0.717, 1.165) is 49.1 Å². The molecule has 2 atom stereocenters. The number of nitrogens with zero attached hydrogens (tertiary/aromatic N) is 1. The second-order valence-electron chi connectivity index (χ2n) is 20.0. The number of fused-ring (bicyclic) bond motifs is 5. The molecule has 0 heterocycles. The van der Waals surface area contributed by atoms with Gasteiger partial charge < -0.3 is 4.90 Å². The highest BCUT2D eigenvalue weighted by Gasteiger charge is 2.45. The van der Waals surface area contributed by atoms with Gasteiger partial charge in [-0.15, -0.1) is 0 Å². The van der Waals surface area contributed by atoms with Crippen molar-refractivity contribution in [2.24, 2.45) is 17.8 Å². The number of aryl methyl sites for hydroxylation is 1. The fraction of sp³-hybridized carbons (Fsp3) is 0.300. The number of para-hydroxylation sites is 1. The van der Waals surface area contributed by atoms with Gasteiger partial charge in [0.15, 0.2) is 0 Å². The first kappa shape index (κ1) is 38.3. The van der Waals surface area contributed by atoms with Gasteiger partial charge in [-0.1, -0.05) is 155 Å². The second kappa shape index (κ2) is 15.1. The van der Waals surface area contributed by atoms with E-state index < -0.39 is 0 Å². The van der Waals surface area contributed by atoms with Crippen LogP contribution in [-0.2, 0) is 17.3 Å². The van der Waals surface area contributed by atoms with Gasteiger partial charge >= 0.3 is 0 Å². The molecule has 0 amide bonds. The zero-order valence-corrected chi connectivity index (χ0v) is 36.6. The Balaban J connectivity index is 0.922. The number of anilines is 3. The standard InChI is InChI=1S/C60H59N/c1-40-33-42-34-41(2)38-60(37-40,39-42)50-27-23-46(24-28-50)44-17-19-45(20-18-44)47-25-29-51(30-26-47)61(52-31-32-55-54-14-7-9-15-56(54)59(3,4)57(55)36-52)58-16-10-8-13-53(58)49-22-21-43-11-5-6-12-48(43)35-49/h5,8-11,13,15-32,35-36,40-42H,6-7,12,14,33-34,37-39H2,1-4H3. The molecule has 0 aromatic heterocycles. The lowest BCUT2D eigenvalue weighted by molar-refractivity contribution is 0.0780. The maximum absolute atomic E-state index is 2.50. The molecule has 1 nitrogen and oxygen atoms in total. The van der Waals surface area contributed by atoms with Crippen LogP contribution in [0.25, 0.3) is 45.0 Å². The summed E-state index contributed by atoms with van der Waals surface area (Å²) in [6.07, 6.45) is 20.7. The lowest BCUT2D eigenvalue weighted by Crippen LogP contribution is -2.42. The van der Waals surface area contributed by atoms with Gasteiger partial charge in [0.05, 0.1) is 5.69 Å². The van der Waals surface area contributed by atoms with Crippen molar-refractivity contribution in [2.45, 2.75) is 96.3 Å². The summed E-state index contributed by atoms with van der Waals surface area (Å²) in [5.74, 6) is 2.56. The van der Waals surface area contributed by atoms with E-state index in [1.807, 2.05) is 0 Å². The Hall–Kier alpha value is -5.66. The Morgan fingerprint density at radius 3 is 1.87 bits per heavy atom. The maximum atomic E-state index is 2.50. The Kier molecular flexibility index (Phi) is 9.45. The molecule has 2 bridgehead atoms. The third-order valence-electron chi connectivity index (χ3n) is 15.4. The fourth-order valence-electron chi connectivity index (χ4n) is 12.8. The largest absolute Gasteiger partial charge is 0.310 e. The van der Waals surface area contributed by atoms with E-state index >= 15 is 0 Å². The predicted molar refractivity (Wildman–Crippen MR) is 260 cm³/mol. The lowest BCUT2D eigenvalue weighted by atomic mass is 9.54. The van der Waals surface area contributed by atoms with Crippen LogP contribution in [0, 0.1) is 17.8 Å². The summed E-state index contributed by atoms with van der Waals surface area (Å²) in [6, 6.07) is 51.5. The normalized spacial score (nSPS) is 23.3. The molecule has 61 heavy (non-hydrogen) atoms. The number of hydrogen-bond donors (Lipinski definition) is 0. The first-order chi connectivity index (χ1) is 29.7. The second-order valence-corrected chi connectivity index (χ2v) is 20.0. The molecule has 5 aliphatic rings. The Morgan fingerprint density at radius 1 is 0.541 bits per heavy atom. The molecule has 11 rings (SSSR count). The van der Waals surface area contributed by atoms with Gasteiger partial charge in [0.25, 0.3) is 0 Å². The van der Waals surface area contributed by atoms with Crippen molar-refractivity contribution in [3.05, 3.63) is 185 Å². The van der Waals surface area contributed by atoms with Crippen molar-refractivity contribution >= 4 is 28.7 Å². The van der Waals surface area contributed by atoms with Crippen molar-refractivity contribution in [1.29, 1.82) is 0 Å². The van der Waals surface area contributed by atoms with E-state index in [-0.39, 0.29) is 5.41 Å². The van der Waals surface area contributed by atoms with Crippen LogP contribution >= 0.6 is 0 Å². The molecule has 0 spiro atoms. The fourth-order valence-corrected chi connectivity index (χ4v) is 12.8. The molecule has 5 aliphatic carbocycles. The summed E-state index contributed by atoms with van der Waals surface area (Å²) in [4.78, 5) is 2.50. The Labute approximate surface area is 364 Å². The van der Waals surface area contributed by atoms with Crippen LogP contribution in [0.5, 0.6) is 0 Å². The quantitative estimate of drug-likeness (QED) is 0.156. The van der Waals surface area contributed by atoms with Crippen molar-refractivity contribution in [3.63, 3.8) is 0 Å². The topological polar surface area (TPSA) is 3.24 Å². The highest BCUT2D eigenvalue weighted by molar-refractivity contribution is 5.91. The molecule has 0 radical (unpaired) electrons. The summed E-state index contributed by atoms with van der Waals surface area (Å²) in [5, 5.41) is 0.